The summed E-state index contributed by atoms with van der Waals surface area (Å²) in [5.41, 5.74) is 2.94. The molecule has 2 aromatic rings. The number of aromatic hydroxyl groups is 1. The second-order valence-corrected chi connectivity index (χ2v) is 12.5. The van der Waals surface area contributed by atoms with Crippen molar-refractivity contribution in [1.29, 1.82) is 0 Å². The van der Waals surface area contributed by atoms with Gasteiger partial charge in [-0.2, -0.15) is 0 Å². The Balaban J connectivity index is 2.71. The van der Waals surface area contributed by atoms with Crippen molar-refractivity contribution in [3.8, 4) is 5.75 Å². The molecule has 5 nitrogen and oxygen atoms in total. The van der Waals surface area contributed by atoms with Crippen molar-refractivity contribution in [2.45, 2.75) is 66.2 Å². The molecular formula is C28H39O5P. The molecule has 186 valence electrons. The lowest BCUT2D eigenvalue weighted by atomic mass is 9.78. The van der Waals surface area contributed by atoms with E-state index in [2.05, 4.69) is 0 Å². The molecule has 0 fully saturated rings. The first-order chi connectivity index (χ1) is 15.7. The van der Waals surface area contributed by atoms with Gasteiger partial charge >= 0.3 is 7.60 Å². The van der Waals surface area contributed by atoms with E-state index < -0.39 is 7.60 Å². The molecule has 1 N–H and O–H groups in total. The van der Waals surface area contributed by atoms with Gasteiger partial charge in [0.05, 0.1) is 13.2 Å². The molecule has 6 heteroatoms. The van der Waals surface area contributed by atoms with Gasteiger partial charge in [0.25, 0.3) is 0 Å². The Kier molecular flexibility index (Phi) is 9.10. The summed E-state index contributed by atoms with van der Waals surface area (Å²) in [4.78, 5) is 13.5. The maximum atomic E-state index is 13.5. The van der Waals surface area contributed by atoms with Crippen molar-refractivity contribution in [3.63, 3.8) is 0 Å². The third-order valence-electron chi connectivity index (χ3n) is 5.43. The Bertz CT molecular complexity index is 1030. The Morgan fingerprint density at radius 3 is 1.79 bits per heavy atom. The predicted octanol–water partition coefficient (Wildman–Crippen LogP) is 7.36. The van der Waals surface area contributed by atoms with Gasteiger partial charge in [0.2, 0.25) is 0 Å². The highest BCUT2D eigenvalue weighted by molar-refractivity contribution is 7.55. The van der Waals surface area contributed by atoms with E-state index in [9.17, 15) is 14.5 Å². The molecule has 0 radical (unpaired) electrons. The zero-order valence-electron chi connectivity index (χ0n) is 21.8. The monoisotopic (exact) mass is 486 g/mol. The topological polar surface area (TPSA) is 72.8 Å². The Morgan fingerprint density at radius 2 is 1.38 bits per heavy atom. The van der Waals surface area contributed by atoms with E-state index in [1.54, 1.807) is 13.8 Å². The van der Waals surface area contributed by atoms with Gasteiger partial charge in [-0.15, -0.1) is 0 Å². The maximum Gasteiger partial charge on any atom is 0.338 e. The number of hydrogen-bond donors (Lipinski definition) is 1. The number of hydrogen-bond acceptors (Lipinski definition) is 5. The molecule has 0 aliphatic heterocycles. The van der Waals surface area contributed by atoms with Crippen molar-refractivity contribution in [2.24, 2.45) is 0 Å². The molecule has 34 heavy (non-hydrogen) atoms. The number of benzene rings is 2. The fourth-order valence-electron chi connectivity index (χ4n) is 3.78. The summed E-state index contributed by atoms with van der Waals surface area (Å²) in [6, 6.07) is 13.2. The third kappa shape index (κ3) is 7.15. The Hall–Kier alpha value is -2.20. The van der Waals surface area contributed by atoms with Gasteiger partial charge < -0.3 is 14.2 Å². The van der Waals surface area contributed by atoms with Crippen LogP contribution in [0.2, 0.25) is 0 Å². The van der Waals surface area contributed by atoms with Gasteiger partial charge in [0, 0.05) is 16.7 Å². The average Bonchev–Trinajstić information content (AvgIpc) is 2.71. The van der Waals surface area contributed by atoms with E-state index in [1.165, 1.54) is 0 Å². The van der Waals surface area contributed by atoms with Crippen molar-refractivity contribution in [3.05, 3.63) is 64.7 Å². The zero-order chi connectivity index (χ0) is 25.7. The molecule has 0 aliphatic carbocycles. The first-order valence-corrected chi connectivity index (χ1v) is 13.5. The van der Waals surface area contributed by atoms with Crippen LogP contribution in [0.25, 0.3) is 11.6 Å². The molecule has 0 atom stereocenters. The van der Waals surface area contributed by atoms with Crippen LogP contribution in [0.1, 0.15) is 77.6 Å². The van der Waals surface area contributed by atoms with E-state index in [-0.39, 0.29) is 41.7 Å². The van der Waals surface area contributed by atoms with Gasteiger partial charge in [-0.1, -0.05) is 71.9 Å². The highest BCUT2D eigenvalue weighted by Gasteiger charge is 2.30. The molecule has 0 saturated carbocycles. The summed E-state index contributed by atoms with van der Waals surface area (Å²) in [7, 11) is -3.56. The number of Topliss-reactive ketones (excluding diaryl/α,β-unsaturated/α-hetero) is 1. The van der Waals surface area contributed by atoms with E-state index in [0.29, 0.717) is 5.57 Å². The minimum absolute atomic E-state index is 0.191. The van der Waals surface area contributed by atoms with Crippen LogP contribution in [-0.2, 0) is 29.2 Å². The number of phenols is 1. The number of carbonyl (C=O) groups excluding carboxylic acids is 1. The smallest absolute Gasteiger partial charge is 0.338 e. The second-order valence-electron chi connectivity index (χ2n) is 10.4. The summed E-state index contributed by atoms with van der Waals surface area (Å²) < 4.78 is 23.8. The van der Waals surface area contributed by atoms with Crippen molar-refractivity contribution in [1.82, 2.24) is 0 Å². The lowest BCUT2D eigenvalue weighted by Crippen LogP contribution is -2.17. The minimum atomic E-state index is -3.56. The molecule has 0 spiro atoms. The second kappa shape index (κ2) is 11.0. The molecule has 0 saturated heterocycles. The average molecular weight is 487 g/mol. The quantitative estimate of drug-likeness (QED) is 0.228. The lowest BCUT2D eigenvalue weighted by Gasteiger charge is -2.28. The normalized spacial score (nSPS) is 13.2. The van der Waals surface area contributed by atoms with Gasteiger partial charge in [-0.05, 0) is 54.0 Å². The number of carbonyl (C=O) groups is 1. The van der Waals surface area contributed by atoms with Crippen LogP contribution < -0.4 is 0 Å². The van der Waals surface area contributed by atoms with Crippen LogP contribution in [0.15, 0.2) is 42.5 Å². The molecule has 0 bridgehead atoms. The van der Waals surface area contributed by atoms with Crippen LogP contribution in [0.5, 0.6) is 5.75 Å². The van der Waals surface area contributed by atoms with Crippen LogP contribution >= 0.6 is 7.60 Å². The van der Waals surface area contributed by atoms with Crippen LogP contribution in [0.3, 0.4) is 0 Å². The Labute approximate surface area is 204 Å². The summed E-state index contributed by atoms with van der Waals surface area (Å²) in [5.74, 6) is -0.0407. The third-order valence-corrected chi connectivity index (χ3v) is 7.41. The fourth-order valence-corrected chi connectivity index (χ4v) is 5.34. The Morgan fingerprint density at radius 1 is 0.912 bits per heavy atom. The maximum absolute atomic E-state index is 13.5. The molecule has 0 aliphatic rings. The number of allylic oxidation sites excluding steroid dienone is 1. The van der Waals surface area contributed by atoms with E-state index in [4.69, 9.17) is 9.05 Å². The fraction of sp³-hybridized carbons (Fsp3) is 0.464. The zero-order valence-corrected chi connectivity index (χ0v) is 22.7. The largest absolute Gasteiger partial charge is 0.507 e. The lowest BCUT2D eigenvalue weighted by molar-refractivity contribution is -0.111. The molecule has 2 rings (SSSR count). The van der Waals surface area contributed by atoms with Gasteiger partial charge in [0.15, 0.2) is 5.78 Å². The molecule has 0 amide bonds. The SMILES string of the molecule is CCOP(=O)(CC(=O)/C(=C\c1cc(C(C)(C)C)c(O)c(C(C)(C)C)c1)c1ccccc1)OCC. The van der Waals surface area contributed by atoms with Crippen molar-refractivity contribution >= 4 is 25.0 Å². The molecular weight excluding hydrogens is 447 g/mol. The molecule has 0 unspecified atom stereocenters. The first kappa shape index (κ1) is 28.0. The molecule has 0 aromatic heterocycles. The highest BCUT2D eigenvalue weighted by Crippen LogP contribution is 2.49. The molecule has 0 heterocycles. The van der Waals surface area contributed by atoms with E-state index >= 15 is 0 Å². The van der Waals surface area contributed by atoms with Gasteiger partial charge in [0.1, 0.15) is 11.9 Å². The summed E-state index contributed by atoms with van der Waals surface area (Å²) in [5, 5.41) is 11.1. The highest BCUT2D eigenvalue weighted by atomic mass is 31.2. The number of ketones is 1. The van der Waals surface area contributed by atoms with Gasteiger partial charge in [-0.25, -0.2) is 0 Å². The number of rotatable bonds is 9. The summed E-state index contributed by atoms with van der Waals surface area (Å²) in [6.45, 7) is 16.1. The van der Waals surface area contributed by atoms with Crippen LogP contribution in [0.4, 0.5) is 0 Å². The first-order valence-electron chi connectivity index (χ1n) is 11.8. The standard InChI is InChI=1S/C28H39O5P/c1-9-32-34(31,33-10-2)19-25(29)22(21-14-12-11-13-15-21)16-20-17-23(27(3,4)5)26(30)24(18-20)28(6,7)8/h11-18,30H,9-10,19H2,1-8H3/b22-16-. The van der Waals surface area contributed by atoms with Crippen molar-refractivity contribution in [2.75, 3.05) is 19.4 Å². The summed E-state index contributed by atoms with van der Waals surface area (Å²) in [6.07, 6.45) is 1.47. The predicted molar refractivity (Wildman–Crippen MR) is 141 cm³/mol. The van der Waals surface area contributed by atoms with Crippen molar-refractivity contribution < 1.29 is 23.5 Å². The van der Waals surface area contributed by atoms with Crippen LogP contribution in [0, 0.1) is 0 Å². The number of phenolic OH excluding ortho intramolecular Hbond substituents is 1. The van der Waals surface area contributed by atoms with E-state index in [1.807, 2.05) is 90.1 Å². The van der Waals surface area contributed by atoms with Crippen LogP contribution in [-0.4, -0.2) is 30.3 Å². The van der Waals surface area contributed by atoms with E-state index in [0.717, 1.165) is 22.3 Å². The minimum Gasteiger partial charge on any atom is -0.507 e. The molecule has 2 aromatic carbocycles. The summed E-state index contributed by atoms with van der Waals surface area (Å²) >= 11 is 0. The van der Waals surface area contributed by atoms with Gasteiger partial charge in [-0.3, -0.25) is 9.36 Å².